The summed E-state index contributed by atoms with van der Waals surface area (Å²) >= 11 is 0. The minimum atomic E-state index is -2.39. The fourth-order valence-electron chi connectivity index (χ4n) is 4.32. The van der Waals surface area contributed by atoms with Gasteiger partial charge in [-0.2, -0.15) is 0 Å². The molecule has 0 amide bonds. The van der Waals surface area contributed by atoms with Crippen LogP contribution in [0.3, 0.4) is 0 Å². The highest BCUT2D eigenvalue weighted by Crippen LogP contribution is 2.36. The number of unbranched alkanes of at least 4 members (excludes halogenated alkanes) is 5. The van der Waals surface area contributed by atoms with E-state index in [1.54, 1.807) is 7.11 Å². The van der Waals surface area contributed by atoms with Gasteiger partial charge in [0.05, 0.1) is 13.2 Å². The third kappa shape index (κ3) is 8.99. The summed E-state index contributed by atoms with van der Waals surface area (Å²) in [5, 5.41) is 2.76. The van der Waals surface area contributed by atoms with Gasteiger partial charge in [0.1, 0.15) is 6.79 Å². The molecule has 0 unspecified atom stereocenters. The molecule has 4 nitrogen and oxygen atoms in total. The third-order valence-corrected chi connectivity index (χ3v) is 11.1. The zero-order valence-corrected chi connectivity index (χ0v) is 22.2. The molecule has 184 valence electrons. The lowest BCUT2D eigenvalue weighted by Gasteiger charge is -2.43. The standard InChI is InChI=1S/C28H44O4Si/c1-28(2,3)33(26-17-11-9-12-18-26,27-19-13-10-14-20-27)32-22-16-8-6-5-7-15-21-30-25-31-24-23-29-4/h9-14,17-20H,5-8,15-16,21-25H2,1-4H3. The molecule has 0 atom stereocenters. The van der Waals surface area contributed by atoms with E-state index in [4.69, 9.17) is 18.6 Å². The van der Waals surface area contributed by atoms with E-state index in [0.717, 1.165) is 26.1 Å². The van der Waals surface area contributed by atoms with Crippen molar-refractivity contribution in [1.29, 1.82) is 0 Å². The van der Waals surface area contributed by atoms with Crippen LogP contribution in [0.2, 0.25) is 5.04 Å². The Balaban J connectivity index is 1.77. The molecule has 2 aromatic carbocycles. The van der Waals surface area contributed by atoms with E-state index in [1.807, 2.05) is 0 Å². The van der Waals surface area contributed by atoms with Crippen LogP contribution < -0.4 is 10.4 Å². The van der Waals surface area contributed by atoms with Gasteiger partial charge in [-0.05, 0) is 28.3 Å². The summed E-state index contributed by atoms with van der Waals surface area (Å²) in [5.74, 6) is 0. The van der Waals surface area contributed by atoms with Crippen LogP contribution in [0.4, 0.5) is 0 Å². The molecule has 0 heterocycles. The number of hydrogen-bond acceptors (Lipinski definition) is 4. The van der Waals surface area contributed by atoms with E-state index >= 15 is 0 Å². The monoisotopic (exact) mass is 472 g/mol. The molecule has 0 aliphatic carbocycles. The highest BCUT2D eigenvalue weighted by Gasteiger charge is 2.49. The third-order valence-electron chi connectivity index (χ3n) is 6.02. The molecule has 0 bridgehead atoms. The molecule has 33 heavy (non-hydrogen) atoms. The van der Waals surface area contributed by atoms with E-state index in [0.29, 0.717) is 20.0 Å². The van der Waals surface area contributed by atoms with Crippen molar-refractivity contribution in [2.24, 2.45) is 0 Å². The summed E-state index contributed by atoms with van der Waals surface area (Å²) in [4.78, 5) is 0. The lowest BCUT2D eigenvalue weighted by atomic mass is 10.1. The van der Waals surface area contributed by atoms with Crippen LogP contribution in [-0.2, 0) is 18.6 Å². The summed E-state index contributed by atoms with van der Waals surface area (Å²) in [6.45, 7) is 10.2. The van der Waals surface area contributed by atoms with Crippen molar-refractivity contribution < 1.29 is 18.6 Å². The van der Waals surface area contributed by atoms with E-state index in [1.165, 1.54) is 36.1 Å². The first kappa shape index (κ1) is 27.7. The predicted molar refractivity (Wildman–Crippen MR) is 140 cm³/mol. The van der Waals surface area contributed by atoms with Gasteiger partial charge in [-0.1, -0.05) is 107 Å². The van der Waals surface area contributed by atoms with Crippen LogP contribution in [0.25, 0.3) is 0 Å². The minimum Gasteiger partial charge on any atom is -0.407 e. The van der Waals surface area contributed by atoms with Gasteiger partial charge in [0.15, 0.2) is 0 Å². The Labute approximate surface area is 202 Å². The van der Waals surface area contributed by atoms with Gasteiger partial charge in [0, 0.05) is 20.3 Å². The van der Waals surface area contributed by atoms with Crippen LogP contribution in [0.1, 0.15) is 59.3 Å². The average Bonchev–Trinajstić information content (AvgIpc) is 2.82. The van der Waals surface area contributed by atoms with Gasteiger partial charge in [-0.25, -0.2) is 0 Å². The Morgan fingerprint density at radius 1 is 0.606 bits per heavy atom. The second-order valence-electron chi connectivity index (χ2n) is 9.56. The number of methoxy groups -OCH3 is 1. The quantitative estimate of drug-likeness (QED) is 0.172. The van der Waals surface area contributed by atoms with E-state index in [-0.39, 0.29) is 5.04 Å². The van der Waals surface area contributed by atoms with Crippen LogP contribution >= 0.6 is 0 Å². The molecule has 0 aromatic heterocycles. The second kappa shape index (κ2) is 15.4. The molecule has 0 aliphatic heterocycles. The fourth-order valence-corrected chi connectivity index (χ4v) is 8.93. The van der Waals surface area contributed by atoms with Crippen molar-refractivity contribution in [3.8, 4) is 0 Å². The normalized spacial score (nSPS) is 12.2. The number of benzene rings is 2. The molecule has 0 saturated carbocycles. The molecule has 0 N–H and O–H groups in total. The van der Waals surface area contributed by atoms with Gasteiger partial charge in [0.25, 0.3) is 8.32 Å². The fraction of sp³-hybridized carbons (Fsp3) is 0.571. The lowest BCUT2D eigenvalue weighted by Crippen LogP contribution is -2.66. The smallest absolute Gasteiger partial charge is 0.261 e. The van der Waals surface area contributed by atoms with Crippen molar-refractivity contribution in [1.82, 2.24) is 0 Å². The minimum absolute atomic E-state index is 0.0446. The second-order valence-corrected chi connectivity index (χ2v) is 13.9. The first-order valence-electron chi connectivity index (χ1n) is 12.4. The molecule has 5 heteroatoms. The van der Waals surface area contributed by atoms with Crippen molar-refractivity contribution in [3.05, 3.63) is 60.7 Å². The SMILES string of the molecule is COCCOCOCCCCCCCCO[Si](c1ccccc1)(c1ccccc1)C(C)(C)C. The Hall–Kier alpha value is -1.50. The first-order chi connectivity index (χ1) is 16.0. The molecule has 0 aliphatic rings. The highest BCUT2D eigenvalue weighted by molar-refractivity contribution is 6.99. The Kier molecular flexibility index (Phi) is 13.0. The van der Waals surface area contributed by atoms with Gasteiger partial charge >= 0.3 is 0 Å². The van der Waals surface area contributed by atoms with Crippen LogP contribution in [0.15, 0.2) is 60.7 Å². The largest absolute Gasteiger partial charge is 0.407 e. The van der Waals surface area contributed by atoms with Crippen LogP contribution in [0.5, 0.6) is 0 Å². The van der Waals surface area contributed by atoms with Gasteiger partial charge < -0.3 is 18.6 Å². The Bertz CT molecular complexity index is 691. The molecule has 0 saturated heterocycles. The lowest BCUT2D eigenvalue weighted by molar-refractivity contribution is -0.0664. The number of hydrogen-bond donors (Lipinski definition) is 0. The van der Waals surface area contributed by atoms with Crippen molar-refractivity contribution >= 4 is 18.7 Å². The zero-order chi connectivity index (χ0) is 23.8. The van der Waals surface area contributed by atoms with E-state index < -0.39 is 8.32 Å². The van der Waals surface area contributed by atoms with E-state index in [2.05, 4.69) is 81.4 Å². The zero-order valence-electron chi connectivity index (χ0n) is 21.2. The maximum atomic E-state index is 6.96. The highest BCUT2D eigenvalue weighted by atomic mass is 28.4. The summed E-state index contributed by atoms with van der Waals surface area (Å²) in [6.07, 6.45) is 7.09. The number of ether oxygens (including phenoxy) is 3. The van der Waals surface area contributed by atoms with Crippen molar-refractivity contribution in [2.75, 3.05) is 40.3 Å². The molecular weight excluding hydrogens is 428 g/mol. The molecule has 2 aromatic rings. The molecule has 0 fully saturated rings. The summed E-state index contributed by atoms with van der Waals surface area (Å²) in [5.41, 5.74) is 0. The summed E-state index contributed by atoms with van der Waals surface area (Å²) < 4.78 is 22.7. The van der Waals surface area contributed by atoms with Gasteiger partial charge in [-0.15, -0.1) is 0 Å². The Morgan fingerprint density at radius 3 is 1.61 bits per heavy atom. The van der Waals surface area contributed by atoms with Crippen LogP contribution in [0, 0.1) is 0 Å². The maximum absolute atomic E-state index is 6.96. The molecular formula is C28H44O4Si. The van der Waals surface area contributed by atoms with Crippen molar-refractivity contribution in [3.63, 3.8) is 0 Å². The first-order valence-corrected chi connectivity index (χ1v) is 14.3. The predicted octanol–water partition coefficient (Wildman–Crippen LogP) is 5.54. The maximum Gasteiger partial charge on any atom is 0.261 e. The van der Waals surface area contributed by atoms with Gasteiger partial charge in [-0.3, -0.25) is 0 Å². The van der Waals surface area contributed by atoms with E-state index in [9.17, 15) is 0 Å². The van der Waals surface area contributed by atoms with Crippen LogP contribution in [-0.4, -0.2) is 48.6 Å². The topological polar surface area (TPSA) is 36.9 Å². The number of rotatable bonds is 17. The molecule has 0 radical (unpaired) electrons. The average molecular weight is 473 g/mol. The van der Waals surface area contributed by atoms with Crippen molar-refractivity contribution in [2.45, 2.75) is 64.3 Å². The molecule has 0 spiro atoms. The Morgan fingerprint density at radius 2 is 1.09 bits per heavy atom. The molecule has 2 rings (SSSR count). The van der Waals surface area contributed by atoms with Gasteiger partial charge in [0.2, 0.25) is 0 Å². The summed E-state index contributed by atoms with van der Waals surface area (Å²) in [6, 6.07) is 21.8. The summed E-state index contributed by atoms with van der Waals surface area (Å²) in [7, 11) is -0.716.